The number of amides is 3. The maximum atomic E-state index is 12.8. The molecule has 2 aromatic carbocycles. The van der Waals surface area contributed by atoms with Gasteiger partial charge in [0, 0.05) is 25.1 Å². The van der Waals surface area contributed by atoms with E-state index in [-0.39, 0.29) is 42.9 Å². The first kappa shape index (κ1) is 22.0. The van der Waals surface area contributed by atoms with Gasteiger partial charge in [-0.25, -0.2) is 5.01 Å². The minimum Gasteiger partial charge on any atom is -0.459 e. The van der Waals surface area contributed by atoms with Gasteiger partial charge in [0.05, 0.1) is 12.0 Å². The van der Waals surface area contributed by atoms with E-state index in [4.69, 9.17) is 4.42 Å². The van der Waals surface area contributed by atoms with Crippen molar-refractivity contribution in [2.75, 3.05) is 10.3 Å². The lowest BCUT2D eigenvalue weighted by Gasteiger charge is -2.24. The highest BCUT2D eigenvalue weighted by molar-refractivity contribution is 6.40. The van der Waals surface area contributed by atoms with E-state index in [1.165, 1.54) is 11.3 Å². The number of hydrogen-bond acceptors (Lipinski definition) is 5. The summed E-state index contributed by atoms with van der Waals surface area (Å²) < 4.78 is 5.10. The Morgan fingerprint density at radius 2 is 1.88 bits per heavy atom. The van der Waals surface area contributed by atoms with Gasteiger partial charge < -0.3 is 15.1 Å². The third-order valence-corrected chi connectivity index (χ3v) is 5.27. The Balaban J connectivity index is 1.42. The summed E-state index contributed by atoms with van der Waals surface area (Å²) in [5.41, 5.74) is 4.30. The van der Waals surface area contributed by atoms with Gasteiger partial charge in [-0.2, -0.15) is 5.10 Å². The highest BCUT2D eigenvalue weighted by Crippen LogP contribution is 2.25. The number of rotatable bonds is 6. The van der Waals surface area contributed by atoms with Crippen LogP contribution >= 0.6 is 0 Å². The molecule has 0 aliphatic carbocycles. The van der Waals surface area contributed by atoms with Crippen molar-refractivity contribution in [2.45, 2.75) is 33.2 Å². The average molecular weight is 444 g/mol. The average Bonchev–Trinajstić information content (AvgIpc) is 3.35. The molecule has 168 valence electrons. The number of nitrogens with zero attached hydrogens (tertiary/aromatic N) is 2. The molecule has 0 radical (unpaired) electrons. The molecule has 0 fully saturated rings. The molecule has 1 aliphatic rings. The van der Waals surface area contributed by atoms with Gasteiger partial charge in [0.1, 0.15) is 5.71 Å². The monoisotopic (exact) mass is 444 g/mol. The molecule has 1 aliphatic heterocycles. The van der Waals surface area contributed by atoms with Crippen LogP contribution in [0.5, 0.6) is 0 Å². The van der Waals surface area contributed by atoms with Gasteiger partial charge in [-0.05, 0) is 60.9 Å². The Labute approximate surface area is 191 Å². The SMILES string of the molecule is Cc1ccc(C)c(N2N=C(C(=O)NCc3cccc(NC(=O)c4ccco4)c3)CCC2=O)c1. The van der Waals surface area contributed by atoms with Crippen molar-refractivity contribution >= 4 is 34.8 Å². The molecule has 8 heteroatoms. The Bertz CT molecular complexity index is 1230. The van der Waals surface area contributed by atoms with E-state index in [0.717, 1.165) is 16.7 Å². The van der Waals surface area contributed by atoms with Gasteiger partial charge >= 0.3 is 0 Å². The summed E-state index contributed by atoms with van der Waals surface area (Å²) in [6.45, 7) is 4.10. The van der Waals surface area contributed by atoms with Crippen molar-refractivity contribution in [1.29, 1.82) is 0 Å². The molecule has 8 nitrogen and oxygen atoms in total. The van der Waals surface area contributed by atoms with Crippen LogP contribution in [0.15, 0.2) is 70.4 Å². The molecule has 2 N–H and O–H groups in total. The first-order valence-electron chi connectivity index (χ1n) is 10.6. The molecule has 0 saturated carbocycles. The summed E-state index contributed by atoms with van der Waals surface area (Å²) in [6, 6.07) is 16.2. The van der Waals surface area contributed by atoms with Gasteiger partial charge in [-0.15, -0.1) is 0 Å². The zero-order valence-corrected chi connectivity index (χ0v) is 18.4. The van der Waals surface area contributed by atoms with Gasteiger partial charge in [0.25, 0.3) is 11.8 Å². The Morgan fingerprint density at radius 3 is 2.67 bits per heavy atom. The van der Waals surface area contributed by atoms with Crippen molar-refractivity contribution in [2.24, 2.45) is 5.10 Å². The first-order valence-corrected chi connectivity index (χ1v) is 10.6. The van der Waals surface area contributed by atoms with Crippen LogP contribution < -0.4 is 15.6 Å². The molecule has 0 bridgehead atoms. The van der Waals surface area contributed by atoms with Crippen LogP contribution in [0.1, 0.15) is 40.1 Å². The number of aryl methyl sites for hydroxylation is 2. The zero-order valence-electron chi connectivity index (χ0n) is 18.4. The fourth-order valence-corrected chi connectivity index (χ4v) is 3.50. The number of nitrogens with one attached hydrogen (secondary N) is 2. The summed E-state index contributed by atoms with van der Waals surface area (Å²) in [6.07, 6.45) is 1.93. The first-order chi connectivity index (χ1) is 15.9. The van der Waals surface area contributed by atoms with E-state index < -0.39 is 0 Å². The lowest BCUT2D eigenvalue weighted by Crippen LogP contribution is -2.39. The van der Waals surface area contributed by atoms with Crippen LogP contribution in [0.3, 0.4) is 0 Å². The van der Waals surface area contributed by atoms with E-state index in [1.54, 1.807) is 30.3 Å². The third-order valence-electron chi connectivity index (χ3n) is 5.27. The van der Waals surface area contributed by atoms with E-state index in [0.29, 0.717) is 17.1 Å². The molecule has 1 aromatic heterocycles. The second-order valence-corrected chi connectivity index (χ2v) is 7.86. The predicted molar refractivity (Wildman–Crippen MR) is 125 cm³/mol. The summed E-state index contributed by atoms with van der Waals surface area (Å²) >= 11 is 0. The maximum absolute atomic E-state index is 12.8. The van der Waals surface area contributed by atoms with E-state index in [2.05, 4.69) is 15.7 Å². The highest BCUT2D eigenvalue weighted by Gasteiger charge is 2.26. The standard InChI is InChI=1S/C25H24N4O4/c1-16-8-9-17(2)21(13-16)29-23(30)11-10-20(28-29)24(31)26-15-18-5-3-6-19(14-18)27-25(32)22-7-4-12-33-22/h3-9,12-14H,10-11,15H2,1-2H3,(H,26,31)(H,27,32). The van der Waals surface area contributed by atoms with Crippen LogP contribution in [0.4, 0.5) is 11.4 Å². The minimum absolute atomic E-state index is 0.139. The fraction of sp³-hybridized carbons (Fsp3) is 0.200. The third kappa shape index (κ3) is 5.17. The van der Waals surface area contributed by atoms with E-state index in [9.17, 15) is 14.4 Å². The zero-order chi connectivity index (χ0) is 23.4. The highest BCUT2D eigenvalue weighted by atomic mass is 16.3. The molecular weight excluding hydrogens is 420 g/mol. The topological polar surface area (TPSA) is 104 Å². The largest absolute Gasteiger partial charge is 0.459 e. The molecule has 33 heavy (non-hydrogen) atoms. The molecule has 0 unspecified atom stereocenters. The number of hydrogen-bond donors (Lipinski definition) is 2. The van der Waals surface area contributed by atoms with Crippen LogP contribution in [-0.4, -0.2) is 23.4 Å². The lowest BCUT2D eigenvalue weighted by atomic mass is 10.1. The molecule has 3 aromatic rings. The fourth-order valence-electron chi connectivity index (χ4n) is 3.50. The summed E-state index contributed by atoms with van der Waals surface area (Å²) in [5.74, 6) is -0.607. The van der Waals surface area contributed by atoms with Crippen LogP contribution in [-0.2, 0) is 16.1 Å². The Kier molecular flexibility index (Phi) is 6.35. The maximum Gasteiger partial charge on any atom is 0.291 e. The van der Waals surface area contributed by atoms with Crippen molar-refractivity contribution < 1.29 is 18.8 Å². The van der Waals surface area contributed by atoms with Gasteiger partial charge in [0.2, 0.25) is 5.91 Å². The van der Waals surface area contributed by atoms with Gasteiger partial charge in [0.15, 0.2) is 5.76 Å². The van der Waals surface area contributed by atoms with E-state index in [1.807, 2.05) is 38.1 Å². The normalized spacial score (nSPS) is 13.5. The smallest absolute Gasteiger partial charge is 0.291 e. The molecule has 0 spiro atoms. The molecule has 2 heterocycles. The molecule has 4 rings (SSSR count). The van der Waals surface area contributed by atoms with Crippen LogP contribution in [0.2, 0.25) is 0 Å². The number of carbonyl (C=O) groups excluding carboxylic acids is 3. The second-order valence-electron chi connectivity index (χ2n) is 7.86. The minimum atomic E-state index is -0.353. The predicted octanol–water partition coefficient (Wildman–Crippen LogP) is 3.95. The number of carbonyl (C=O) groups is 3. The number of benzene rings is 2. The quantitative estimate of drug-likeness (QED) is 0.601. The van der Waals surface area contributed by atoms with Crippen molar-refractivity contribution in [3.8, 4) is 0 Å². The number of furan rings is 1. The molecule has 3 amide bonds. The van der Waals surface area contributed by atoms with Crippen molar-refractivity contribution in [1.82, 2.24) is 5.32 Å². The summed E-state index contributed by atoms with van der Waals surface area (Å²) in [5, 5.41) is 11.3. The summed E-state index contributed by atoms with van der Waals surface area (Å²) in [4.78, 5) is 37.4. The molecule has 0 saturated heterocycles. The number of hydrazone groups is 1. The van der Waals surface area contributed by atoms with Crippen molar-refractivity contribution in [3.05, 3.63) is 83.3 Å². The van der Waals surface area contributed by atoms with Crippen LogP contribution in [0, 0.1) is 13.8 Å². The number of anilines is 2. The van der Waals surface area contributed by atoms with Crippen molar-refractivity contribution in [3.63, 3.8) is 0 Å². The lowest BCUT2D eigenvalue weighted by molar-refractivity contribution is -0.119. The summed E-state index contributed by atoms with van der Waals surface area (Å²) in [7, 11) is 0. The molecule has 0 atom stereocenters. The Hall–Kier alpha value is -4.20. The Morgan fingerprint density at radius 1 is 1.03 bits per heavy atom. The molecular formula is C25H24N4O4. The van der Waals surface area contributed by atoms with Gasteiger partial charge in [-0.1, -0.05) is 24.3 Å². The van der Waals surface area contributed by atoms with Gasteiger partial charge in [-0.3, -0.25) is 14.4 Å². The van der Waals surface area contributed by atoms with E-state index >= 15 is 0 Å². The van der Waals surface area contributed by atoms with Crippen LogP contribution in [0.25, 0.3) is 0 Å². The second kappa shape index (κ2) is 9.52.